The van der Waals surface area contributed by atoms with Crippen molar-refractivity contribution in [2.24, 2.45) is 10.4 Å². The van der Waals surface area contributed by atoms with Crippen molar-refractivity contribution < 1.29 is 14.4 Å². The summed E-state index contributed by atoms with van der Waals surface area (Å²) in [6, 6.07) is 19.4. The first-order chi connectivity index (χ1) is 18.1. The maximum atomic E-state index is 13.9. The molecule has 3 amide bonds. The van der Waals surface area contributed by atoms with E-state index in [9.17, 15) is 14.4 Å². The monoisotopic (exact) mass is 512 g/mol. The summed E-state index contributed by atoms with van der Waals surface area (Å²) in [6.45, 7) is 5.27. The number of hydrogen-bond acceptors (Lipinski definition) is 6. The van der Waals surface area contributed by atoms with E-state index in [2.05, 4.69) is 15.6 Å². The summed E-state index contributed by atoms with van der Waals surface area (Å²) in [5, 5.41) is 5.53. The number of benzodiazepines with no additional fused rings is 1. The number of carbonyl (C=O) groups excluding carboxylic acids is 3. The van der Waals surface area contributed by atoms with Gasteiger partial charge < -0.3 is 20.4 Å². The van der Waals surface area contributed by atoms with Gasteiger partial charge in [-0.1, -0.05) is 57.2 Å². The molecule has 0 saturated carbocycles. The van der Waals surface area contributed by atoms with Crippen LogP contribution in [0.3, 0.4) is 0 Å². The third kappa shape index (κ3) is 5.72. The number of benzene rings is 2. The highest BCUT2D eigenvalue weighted by molar-refractivity contribution is 6.20. The summed E-state index contributed by atoms with van der Waals surface area (Å²) < 4.78 is 0. The number of anilines is 3. The summed E-state index contributed by atoms with van der Waals surface area (Å²) in [5.41, 5.74) is 2.88. The molecule has 0 radical (unpaired) electrons. The van der Waals surface area contributed by atoms with Crippen LogP contribution in [0.5, 0.6) is 0 Å². The Balaban J connectivity index is 1.75. The van der Waals surface area contributed by atoms with E-state index >= 15 is 0 Å². The SMILES string of the molecule is CN(C)c1ccccc1NC(=O)N[C@@H]1N=C(c2ccccn2)c2ccccc2N(CC(=O)C(C)(C)C)C1=O. The topological polar surface area (TPSA) is 107 Å². The van der Waals surface area contributed by atoms with Crippen molar-refractivity contribution in [3.63, 3.8) is 0 Å². The maximum Gasteiger partial charge on any atom is 0.321 e. The Morgan fingerprint density at radius 2 is 1.66 bits per heavy atom. The number of aromatic nitrogens is 1. The van der Waals surface area contributed by atoms with E-state index in [-0.39, 0.29) is 12.3 Å². The van der Waals surface area contributed by atoms with E-state index in [1.807, 2.05) is 76.2 Å². The average molecular weight is 513 g/mol. The van der Waals surface area contributed by atoms with Gasteiger partial charge in [0, 0.05) is 31.3 Å². The van der Waals surface area contributed by atoms with Crippen LogP contribution in [0.4, 0.5) is 21.9 Å². The number of hydrogen-bond donors (Lipinski definition) is 2. The smallest absolute Gasteiger partial charge is 0.321 e. The van der Waals surface area contributed by atoms with Crippen molar-refractivity contribution in [1.29, 1.82) is 0 Å². The van der Waals surface area contributed by atoms with Crippen LogP contribution in [-0.2, 0) is 9.59 Å². The van der Waals surface area contributed by atoms with Crippen LogP contribution < -0.4 is 20.4 Å². The quantitative estimate of drug-likeness (QED) is 0.517. The number of nitrogens with one attached hydrogen (secondary N) is 2. The molecule has 0 unspecified atom stereocenters. The van der Waals surface area contributed by atoms with Gasteiger partial charge in [0.25, 0.3) is 5.91 Å². The van der Waals surface area contributed by atoms with Crippen molar-refractivity contribution >= 4 is 40.5 Å². The number of amides is 3. The minimum Gasteiger partial charge on any atom is -0.376 e. The van der Waals surface area contributed by atoms with Gasteiger partial charge in [-0.3, -0.25) is 14.6 Å². The first-order valence-corrected chi connectivity index (χ1v) is 12.3. The molecule has 196 valence electrons. The van der Waals surface area contributed by atoms with Crippen LogP contribution in [0.15, 0.2) is 77.9 Å². The molecule has 4 rings (SSSR count). The van der Waals surface area contributed by atoms with Gasteiger partial charge in [-0.2, -0.15) is 0 Å². The molecule has 0 aliphatic carbocycles. The number of urea groups is 1. The molecule has 0 fully saturated rings. The molecule has 9 heteroatoms. The zero-order valence-electron chi connectivity index (χ0n) is 22.2. The standard InChI is InChI=1S/C29H32N6O3/c1-29(2,3)24(36)18-35-22-15-8-6-12-19(22)25(21-14-10-11-17-30-21)32-26(27(35)37)33-28(38)31-20-13-7-9-16-23(20)34(4)5/h6-17,26H,18H2,1-5H3,(H2,31,33,38)/t26-/m0/s1. The third-order valence-electron chi connectivity index (χ3n) is 6.16. The molecule has 2 N–H and O–H groups in total. The summed E-state index contributed by atoms with van der Waals surface area (Å²) in [7, 11) is 3.75. The molecule has 2 aromatic carbocycles. The zero-order chi connectivity index (χ0) is 27.4. The fourth-order valence-electron chi connectivity index (χ4n) is 4.03. The summed E-state index contributed by atoms with van der Waals surface area (Å²) in [4.78, 5) is 52.6. The van der Waals surface area contributed by atoms with Crippen molar-refractivity contribution in [3.05, 3.63) is 84.2 Å². The first kappa shape index (κ1) is 26.5. The van der Waals surface area contributed by atoms with E-state index in [1.54, 1.807) is 36.5 Å². The van der Waals surface area contributed by atoms with Crippen LogP contribution in [0.2, 0.25) is 0 Å². The molecular weight excluding hydrogens is 480 g/mol. The molecule has 9 nitrogen and oxygen atoms in total. The molecule has 1 aliphatic heterocycles. The zero-order valence-corrected chi connectivity index (χ0v) is 22.2. The second-order valence-corrected chi connectivity index (χ2v) is 10.2. The van der Waals surface area contributed by atoms with Gasteiger partial charge in [-0.15, -0.1) is 0 Å². The molecule has 1 aliphatic rings. The molecule has 1 atom stereocenters. The number of nitrogens with zero attached hydrogens (tertiary/aromatic N) is 4. The number of ketones is 1. The van der Waals surface area contributed by atoms with Gasteiger partial charge in [0.2, 0.25) is 6.17 Å². The molecule has 2 heterocycles. The Labute approximate surface area is 222 Å². The highest BCUT2D eigenvalue weighted by Gasteiger charge is 2.36. The lowest BCUT2D eigenvalue weighted by Gasteiger charge is -2.28. The van der Waals surface area contributed by atoms with Crippen molar-refractivity contribution in [3.8, 4) is 0 Å². The fourth-order valence-corrected chi connectivity index (χ4v) is 4.03. The minimum absolute atomic E-state index is 0.120. The second kappa shape index (κ2) is 10.8. The largest absolute Gasteiger partial charge is 0.376 e. The van der Waals surface area contributed by atoms with Crippen LogP contribution in [-0.4, -0.2) is 55.2 Å². The van der Waals surface area contributed by atoms with Gasteiger partial charge >= 0.3 is 6.03 Å². The molecule has 0 spiro atoms. The molecule has 1 aromatic heterocycles. The Kier molecular flexibility index (Phi) is 7.57. The lowest BCUT2D eigenvalue weighted by molar-refractivity contribution is -0.127. The maximum absolute atomic E-state index is 13.9. The van der Waals surface area contributed by atoms with Crippen LogP contribution in [0.1, 0.15) is 32.0 Å². The van der Waals surface area contributed by atoms with Gasteiger partial charge in [0.1, 0.15) is 0 Å². The fraction of sp³-hybridized carbons (Fsp3) is 0.276. The van der Waals surface area contributed by atoms with Crippen LogP contribution in [0, 0.1) is 5.41 Å². The van der Waals surface area contributed by atoms with E-state index < -0.39 is 23.5 Å². The minimum atomic E-state index is -1.29. The third-order valence-corrected chi connectivity index (χ3v) is 6.16. The first-order valence-electron chi connectivity index (χ1n) is 12.3. The Morgan fingerprint density at radius 1 is 0.974 bits per heavy atom. The number of pyridine rings is 1. The predicted molar refractivity (Wildman–Crippen MR) is 150 cm³/mol. The van der Waals surface area contributed by atoms with Gasteiger partial charge in [0.15, 0.2) is 5.78 Å². The predicted octanol–water partition coefficient (Wildman–Crippen LogP) is 4.09. The lowest BCUT2D eigenvalue weighted by atomic mass is 9.90. The molecular formula is C29H32N6O3. The van der Waals surface area contributed by atoms with E-state index in [0.29, 0.717) is 28.3 Å². The number of Topliss-reactive ketones (excluding diaryl/α,β-unsaturated/α-hetero) is 1. The number of fused-ring (bicyclic) bond motifs is 1. The van der Waals surface area contributed by atoms with Gasteiger partial charge in [-0.05, 0) is 30.3 Å². The Morgan fingerprint density at radius 3 is 2.34 bits per heavy atom. The lowest BCUT2D eigenvalue weighted by Crippen LogP contribution is -2.50. The van der Waals surface area contributed by atoms with Crippen LogP contribution in [0.25, 0.3) is 0 Å². The normalized spacial score (nSPS) is 15.2. The van der Waals surface area contributed by atoms with Crippen LogP contribution >= 0.6 is 0 Å². The number of carbonyl (C=O) groups is 3. The highest BCUT2D eigenvalue weighted by atomic mass is 16.2. The van der Waals surface area contributed by atoms with Gasteiger partial charge in [-0.25, -0.2) is 9.79 Å². The molecule has 0 bridgehead atoms. The van der Waals surface area contributed by atoms with Crippen molar-refractivity contribution in [1.82, 2.24) is 10.3 Å². The summed E-state index contributed by atoms with van der Waals surface area (Å²) >= 11 is 0. The second-order valence-electron chi connectivity index (χ2n) is 10.2. The summed E-state index contributed by atoms with van der Waals surface area (Å²) in [6.07, 6.45) is 0.347. The number of rotatable bonds is 6. The molecule has 0 saturated heterocycles. The molecule has 38 heavy (non-hydrogen) atoms. The number of para-hydroxylation sites is 3. The Hall–Kier alpha value is -4.53. The van der Waals surface area contributed by atoms with Gasteiger partial charge in [0.05, 0.1) is 35.0 Å². The summed E-state index contributed by atoms with van der Waals surface area (Å²) in [5.74, 6) is -0.637. The van der Waals surface area contributed by atoms with Crippen molar-refractivity contribution in [2.45, 2.75) is 26.9 Å². The van der Waals surface area contributed by atoms with E-state index in [0.717, 1.165) is 5.69 Å². The van der Waals surface area contributed by atoms with E-state index in [4.69, 9.17) is 4.99 Å². The van der Waals surface area contributed by atoms with E-state index in [1.165, 1.54) is 4.90 Å². The number of aliphatic imine (C=N–C) groups is 1. The molecule has 3 aromatic rings. The Bertz CT molecular complexity index is 1380. The highest BCUT2D eigenvalue weighted by Crippen LogP contribution is 2.29. The average Bonchev–Trinajstić information content (AvgIpc) is 2.99. The van der Waals surface area contributed by atoms with Crippen molar-refractivity contribution in [2.75, 3.05) is 35.8 Å².